The molecule has 0 unspecified atom stereocenters. The van der Waals surface area contributed by atoms with Crippen LogP contribution in [0.15, 0.2) is 40.9 Å². The van der Waals surface area contributed by atoms with Crippen LogP contribution in [-0.4, -0.2) is 56.3 Å². The molecule has 0 atom stereocenters. The van der Waals surface area contributed by atoms with Gasteiger partial charge in [0.15, 0.2) is 0 Å². The molecular formula is C18H24N4O3S. The molecule has 1 aromatic carbocycles. The molecule has 8 heteroatoms. The van der Waals surface area contributed by atoms with E-state index in [4.69, 9.17) is 5.26 Å². The number of benzene rings is 1. The Morgan fingerprint density at radius 3 is 2.38 bits per heavy atom. The average Bonchev–Trinajstić information content (AvgIpc) is 2.65. The molecule has 0 bridgehead atoms. The second-order valence-electron chi connectivity index (χ2n) is 6.16. The van der Waals surface area contributed by atoms with Crippen LogP contribution < -0.4 is 5.32 Å². The van der Waals surface area contributed by atoms with E-state index in [1.54, 1.807) is 24.3 Å². The number of nitrogens with zero attached hydrogens (tertiary/aromatic N) is 3. The minimum Gasteiger partial charge on any atom is -0.373 e. The summed E-state index contributed by atoms with van der Waals surface area (Å²) in [6.45, 7) is 5.83. The highest BCUT2D eigenvalue weighted by Gasteiger charge is 2.28. The lowest BCUT2D eigenvalue weighted by molar-refractivity contribution is -0.117. The van der Waals surface area contributed by atoms with Gasteiger partial charge in [-0.05, 0) is 25.5 Å². The van der Waals surface area contributed by atoms with Gasteiger partial charge in [0.2, 0.25) is 10.0 Å². The fourth-order valence-corrected chi connectivity index (χ4v) is 4.01. The highest BCUT2D eigenvalue weighted by atomic mass is 32.2. The minimum atomic E-state index is -3.52. The van der Waals surface area contributed by atoms with Crippen molar-refractivity contribution < 1.29 is 13.2 Å². The number of aryl methyl sites for hydroxylation is 1. The Morgan fingerprint density at radius 1 is 1.23 bits per heavy atom. The summed E-state index contributed by atoms with van der Waals surface area (Å²) in [5.41, 5.74) is 1.04. The maximum Gasteiger partial charge on any atom is 0.263 e. The number of hydrogen-bond donors (Lipinski definition) is 1. The Kier molecular flexibility index (Phi) is 6.77. The van der Waals surface area contributed by atoms with E-state index in [1.807, 2.05) is 24.8 Å². The SMILES string of the molecule is CCCNC(=O)/C(C#N)=C\N1CCN(S(=O)(=O)c2ccc(C)cc2)CC1. The second-order valence-corrected chi connectivity index (χ2v) is 8.10. The van der Waals surface area contributed by atoms with Crippen molar-refractivity contribution in [2.24, 2.45) is 0 Å². The van der Waals surface area contributed by atoms with Crippen LogP contribution >= 0.6 is 0 Å². The van der Waals surface area contributed by atoms with Crippen LogP contribution in [0.25, 0.3) is 0 Å². The van der Waals surface area contributed by atoms with Gasteiger partial charge in [0.1, 0.15) is 11.6 Å². The standard InChI is InChI=1S/C18H24N4O3S/c1-3-8-20-18(23)16(13-19)14-21-9-11-22(12-10-21)26(24,25)17-6-4-15(2)5-7-17/h4-7,14H,3,8-12H2,1-2H3,(H,20,23)/b16-14-. The predicted octanol–water partition coefficient (Wildman–Crippen LogP) is 1.23. The first-order chi connectivity index (χ1) is 12.4. The lowest BCUT2D eigenvalue weighted by Gasteiger charge is -2.33. The minimum absolute atomic E-state index is 0.0355. The van der Waals surface area contributed by atoms with Gasteiger partial charge in [-0.1, -0.05) is 24.6 Å². The van der Waals surface area contributed by atoms with Crippen LogP contribution in [0.5, 0.6) is 0 Å². The van der Waals surface area contributed by atoms with E-state index in [1.165, 1.54) is 10.5 Å². The van der Waals surface area contributed by atoms with Crippen LogP contribution in [0.1, 0.15) is 18.9 Å². The van der Waals surface area contributed by atoms with Gasteiger partial charge in [0.05, 0.1) is 4.90 Å². The molecule has 1 N–H and O–H groups in total. The molecule has 1 heterocycles. The van der Waals surface area contributed by atoms with Gasteiger partial charge in [-0.2, -0.15) is 9.57 Å². The third kappa shape index (κ3) is 4.84. The third-order valence-electron chi connectivity index (χ3n) is 4.14. The lowest BCUT2D eigenvalue weighted by atomic mass is 10.2. The molecule has 1 aliphatic heterocycles. The largest absolute Gasteiger partial charge is 0.373 e. The number of sulfonamides is 1. The van der Waals surface area contributed by atoms with E-state index in [9.17, 15) is 13.2 Å². The highest BCUT2D eigenvalue weighted by Crippen LogP contribution is 2.18. The number of carbonyl (C=O) groups is 1. The van der Waals surface area contributed by atoms with Gasteiger partial charge >= 0.3 is 0 Å². The van der Waals surface area contributed by atoms with E-state index < -0.39 is 15.9 Å². The summed E-state index contributed by atoms with van der Waals surface area (Å²) in [6, 6.07) is 8.69. The van der Waals surface area contributed by atoms with Crippen molar-refractivity contribution in [2.45, 2.75) is 25.2 Å². The molecule has 1 aromatic rings. The Morgan fingerprint density at radius 2 is 1.85 bits per heavy atom. The smallest absolute Gasteiger partial charge is 0.263 e. The van der Waals surface area contributed by atoms with Gasteiger partial charge < -0.3 is 10.2 Å². The van der Waals surface area contributed by atoms with Gasteiger partial charge in [-0.25, -0.2) is 8.42 Å². The summed E-state index contributed by atoms with van der Waals surface area (Å²) in [5, 5.41) is 11.8. The molecule has 7 nitrogen and oxygen atoms in total. The molecule has 1 amide bonds. The van der Waals surface area contributed by atoms with Gasteiger partial charge in [0, 0.05) is 38.9 Å². The van der Waals surface area contributed by atoms with Crippen LogP contribution in [0, 0.1) is 18.3 Å². The zero-order chi connectivity index (χ0) is 19.2. The maximum absolute atomic E-state index is 12.7. The maximum atomic E-state index is 12.7. The zero-order valence-corrected chi connectivity index (χ0v) is 15.9. The normalized spacial score (nSPS) is 16.2. The number of nitrogens with one attached hydrogen (secondary N) is 1. The molecule has 1 aliphatic rings. The summed E-state index contributed by atoms with van der Waals surface area (Å²) >= 11 is 0. The molecule has 140 valence electrons. The lowest BCUT2D eigenvalue weighted by Crippen LogP contribution is -2.47. The summed E-state index contributed by atoms with van der Waals surface area (Å²) < 4.78 is 26.8. The number of amides is 1. The van der Waals surface area contributed by atoms with Crippen LogP contribution in [0.3, 0.4) is 0 Å². The van der Waals surface area contributed by atoms with E-state index in [-0.39, 0.29) is 10.5 Å². The summed E-state index contributed by atoms with van der Waals surface area (Å²) in [6.07, 6.45) is 2.31. The molecule has 0 saturated carbocycles. The van der Waals surface area contributed by atoms with Gasteiger partial charge in [0.25, 0.3) is 5.91 Å². The molecule has 26 heavy (non-hydrogen) atoms. The Labute approximate surface area is 154 Å². The Hall–Kier alpha value is -2.37. The van der Waals surface area contributed by atoms with Crippen LogP contribution in [0.2, 0.25) is 0 Å². The topological polar surface area (TPSA) is 93.5 Å². The first-order valence-electron chi connectivity index (χ1n) is 8.59. The Balaban J connectivity index is 2.02. The van der Waals surface area contributed by atoms with Crippen LogP contribution in [0.4, 0.5) is 0 Å². The number of rotatable bonds is 6. The first kappa shape index (κ1) is 19.9. The fourth-order valence-electron chi connectivity index (χ4n) is 2.59. The monoisotopic (exact) mass is 376 g/mol. The van der Waals surface area contributed by atoms with Crippen molar-refractivity contribution in [3.63, 3.8) is 0 Å². The molecule has 0 radical (unpaired) electrons. The summed E-state index contributed by atoms with van der Waals surface area (Å²) in [4.78, 5) is 14.0. The number of hydrogen-bond acceptors (Lipinski definition) is 5. The van der Waals surface area contributed by atoms with Crippen molar-refractivity contribution in [3.05, 3.63) is 41.6 Å². The molecular weight excluding hydrogens is 352 g/mol. The molecule has 0 aromatic heterocycles. The summed E-state index contributed by atoms with van der Waals surface area (Å²) in [7, 11) is -3.52. The molecule has 2 rings (SSSR count). The molecule has 1 saturated heterocycles. The number of carbonyl (C=O) groups excluding carboxylic acids is 1. The molecule has 0 aliphatic carbocycles. The highest BCUT2D eigenvalue weighted by molar-refractivity contribution is 7.89. The van der Waals surface area contributed by atoms with Crippen molar-refractivity contribution in [2.75, 3.05) is 32.7 Å². The fraction of sp³-hybridized carbons (Fsp3) is 0.444. The number of piperazine rings is 1. The first-order valence-corrected chi connectivity index (χ1v) is 10.0. The zero-order valence-electron chi connectivity index (χ0n) is 15.1. The average molecular weight is 376 g/mol. The van der Waals surface area contributed by atoms with E-state index in [0.717, 1.165) is 12.0 Å². The van der Waals surface area contributed by atoms with Crippen molar-refractivity contribution in [3.8, 4) is 6.07 Å². The number of nitriles is 1. The molecule has 0 spiro atoms. The van der Waals surface area contributed by atoms with Crippen molar-refractivity contribution in [1.29, 1.82) is 5.26 Å². The van der Waals surface area contributed by atoms with E-state index in [0.29, 0.717) is 32.7 Å². The van der Waals surface area contributed by atoms with Crippen molar-refractivity contribution in [1.82, 2.24) is 14.5 Å². The quantitative estimate of drug-likeness (QED) is 0.595. The summed E-state index contributed by atoms with van der Waals surface area (Å²) in [5.74, 6) is -0.399. The van der Waals surface area contributed by atoms with Crippen LogP contribution in [-0.2, 0) is 14.8 Å². The third-order valence-corrected chi connectivity index (χ3v) is 6.06. The second kappa shape index (κ2) is 8.83. The predicted molar refractivity (Wildman–Crippen MR) is 98.5 cm³/mol. The van der Waals surface area contributed by atoms with Gasteiger partial charge in [-0.15, -0.1) is 0 Å². The van der Waals surface area contributed by atoms with E-state index in [2.05, 4.69) is 5.32 Å². The van der Waals surface area contributed by atoms with E-state index >= 15 is 0 Å². The van der Waals surface area contributed by atoms with Crippen molar-refractivity contribution >= 4 is 15.9 Å². The van der Waals surface area contributed by atoms with Gasteiger partial charge in [-0.3, -0.25) is 4.79 Å². The molecule has 1 fully saturated rings. The Bertz CT molecular complexity index is 802.